The van der Waals surface area contributed by atoms with Gasteiger partial charge in [-0.2, -0.15) is 26.3 Å². The van der Waals surface area contributed by atoms with Gasteiger partial charge < -0.3 is 24.6 Å². The minimum atomic E-state index is -5.07. The number of carbonyl (C=O) groups is 1. The number of halogens is 6. The lowest BCUT2D eigenvalue weighted by Gasteiger charge is -2.51. The number of quaternary nitrogens is 2. The van der Waals surface area contributed by atoms with Crippen molar-refractivity contribution in [3.63, 3.8) is 0 Å². The van der Waals surface area contributed by atoms with Crippen LogP contribution in [0.1, 0.15) is 36.1 Å². The van der Waals surface area contributed by atoms with Crippen molar-refractivity contribution < 1.29 is 35.8 Å². The highest BCUT2D eigenvalue weighted by Crippen LogP contribution is 2.41. The smallest absolute Gasteiger partial charge is 0.416 e. The first-order chi connectivity index (χ1) is 19.7. The first kappa shape index (κ1) is 32.4. The fourth-order valence-corrected chi connectivity index (χ4v) is 5.19. The molecule has 7 nitrogen and oxygen atoms in total. The maximum atomic E-state index is 14.0. The fourth-order valence-electron chi connectivity index (χ4n) is 5.19. The van der Waals surface area contributed by atoms with E-state index in [4.69, 9.17) is 0 Å². The van der Waals surface area contributed by atoms with E-state index in [1.165, 1.54) is 34.1 Å². The second kappa shape index (κ2) is 10.9. The normalized spacial score (nSPS) is 21.5. The van der Waals surface area contributed by atoms with Crippen LogP contribution < -0.4 is 9.55 Å². The number of anilines is 1. The number of benzene rings is 2. The summed E-state index contributed by atoms with van der Waals surface area (Å²) in [5.41, 5.74) is -3.30. The van der Waals surface area contributed by atoms with Crippen LogP contribution in [0.3, 0.4) is 0 Å². The van der Waals surface area contributed by atoms with E-state index in [2.05, 4.69) is 4.98 Å². The van der Waals surface area contributed by atoms with Gasteiger partial charge in [-0.1, -0.05) is 24.3 Å². The summed E-state index contributed by atoms with van der Waals surface area (Å²) in [6.45, 7) is 4.42. The molecule has 1 saturated heterocycles. The quantitative estimate of drug-likeness (QED) is 0.181. The molecule has 0 saturated carbocycles. The molecule has 2 aromatic carbocycles. The molecule has 0 bridgehead atoms. The summed E-state index contributed by atoms with van der Waals surface area (Å²) in [5, 5.41) is 26.4. The van der Waals surface area contributed by atoms with Crippen molar-refractivity contribution in [2.24, 2.45) is 0 Å². The standard InChI is InChI=1S/C30H32F6N4O3/c1-19-8-6-7-9-24(19)25-17-23(18-37-26(25)40(43)12-10-39(5,42)11-13-40)38(4)27(41)28(2,3)20-14-21(29(31,32)33)16-22(15-20)30(34,35)36/h6-9,14-18H,10-13H2,1-5H3. The van der Waals surface area contributed by atoms with Gasteiger partial charge in [-0.3, -0.25) is 4.79 Å². The van der Waals surface area contributed by atoms with E-state index in [0.717, 1.165) is 10.5 Å². The van der Waals surface area contributed by atoms with Crippen LogP contribution in [0.15, 0.2) is 54.7 Å². The largest absolute Gasteiger partial charge is 0.633 e. The maximum absolute atomic E-state index is 14.0. The molecule has 4 rings (SSSR count). The summed E-state index contributed by atoms with van der Waals surface area (Å²) >= 11 is 0. The predicted octanol–water partition coefficient (Wildman–Crippen LogP) is 6.80. The van der Waals surface area contributed by atoms with Gasteiger partial charge in [-0.25, -0.2) is 4.98 Å². The third kappa shape index (κ3) is 6.54. The number of hydroxylamine groups is 5. The molecule has 13 heteroatoms. The van der Waals surface area contributed by atoms with E-state index in [9.17, 15) is 41.6 Å². The van der Waals surface area contributed by atoms with Gasteiger partial charge in [0.1, 0.15) is 26.2 Å². The van der Waals surface area contributed by atoms with Gasteiger partial charge in [-0.15, -0.1) is 0 Å². The zero-order valence-electron chi connectivity index (χ0n) is 24.3. The maximum Gasteiger partial charge on any atom is 0.416 e. The minimum absolute atomic E-state index is 0.0153. The predicted molar refractivity (Wildman–Crippen MR) is 151 cm³/mol. The number of nitrogens with zero attached hydrogens (tertiary/aromatic N) is 4. The Labute approximate surface area is 245 Å². The number of alkyl halides is 6. The number of aryl methyl sites for hydroxylation is 1. The third-order valence-corrected chi connectivity index (χ3v) is 8.08. The molecule has 3 aromatic rings. The molecule has 43 heavy (non-hydrogen) atoms. The van der Waals surface area contributed by atoms with Crippen molar-refractivity contribution in [1.29, 1.82) is 0 Å². The SMILES string of the molecule is Cc1ccccc1-c1cc(N(C)C(=O)C(C)(C)c2cc(C(F)(F)F)cc(C(F)(F)F)c2)cnc1[N+]1([O-])CC[N+](C)([O-])CC1. The molecule has 1 aliphatic rings. The summed E-state index contributed by atoms with van der Waals surface area (Å²) < 4.78 is 79.8. The van der Waals surface area contributed by atoms with Crippen LogP contribution >= 0.6 is 0 Å². The third-order valence-electron chi connectivity index (χ3n) is 8.08. The number of rotatable bonds is 5. The Morgan fingerprint density at radius 3 is 1.86 bits per heavy atom. The number of carbonyl (C=O) groups excluding carboxylic acids is 1. The number of hydrogen-bond donors (Lipinski definition) is 0. The number of hydrogen-bond acceptors (Lipinski definition) is 4. The van der Waals surface area contributed by atoms with Gasteiger partial charge in [0.05, 0.1) is 41.0 Å². The molecule has 0 unspecified atom stereocenters. The number of aromatic nitrogens is 1. The Hall–Kier alpha value is -3.52. The second-order valence-electron chi connectivity index (χ2n) is 11.7. The summed E-state index contributed by atoms with van der Waals surface area (Å²) in [5.74, 6) is -0.654. The van der Waals surface area contributed by atoms with Gasteiger partial charge >= 0.3 is 12.4 Å². The van der Waals surface area contributed by atoms with E-state index in [0.29, 0.717) is 23.3 Å². The molecular formula is C30H32F6N4O3. The van der Waals surface area contributed by atoms with Crippen molar-refractivity contribution in [3.8, 4) is 11.1 Å². The van der Waals surface area contributed by atoms with E-state index in [1.807, 2.05) is 13.0 Å². The second-order valence-corrected chi connectivity index (χ2v) is 11.7. The minimum Gasteiger partial charge on any atom is -0.633 e. The van der Waals surface area contributed by atoms with Crippen molar-refractivity contribution in [3.05, 3.63) is 87.4 Å². The van der Waals surface area contributed by atoms with Gasteiger partial charge in [0, 0.05) is 7.05 Å². The number of likely N-dealkylation sites (N-methyl/N-ethyl adjacent to an activating group) is 2. The highest BCUT2D eigenvalue weighted by atomic mass is 19.4. The molecule has 2 heterocycles. The van der Waals surface area contributed by atoms with Crippen molar-refractivity contribution in [2.45, 2.75) is 38.5 Å². The van der Waals surface area contributed by atoms with Gasteiger partial charge in [0.2, 0.25) is 11.7 Å². The summed E-state index contributed by atoms with van der Waals surface area (Å²) in [6.07, 6.45) is -8.87. The average molecular weight is 611 g/mol. The summed E-state index contributed by atoms with van der Waals surface area (Å²) in [4.78, 5) is 19.3. The number of amides is 1. The molecule has 0 radical (unpaired) electrons. The molecule has 232 valence electrons. The lowest BCUT2D eigenvalue weighted by molar-refractivity contribution is -0.864. The lowest BCUT2D eigenvalue weighted by atomic mass is 9.81. The van der Waals surface area contributed by atoms with Gasteiger partial charge in [-0.05, 0) is 61.7 Å². The van der Waals surface area contributed by atoms with Crippen LogP contribution in [0, 0.1) is 17.3 Å². The first-order valence-electron chi connectivity index (χ1n) is 13.4. The van der Waals surface area contributed by atoms with Crippen LogP contribution in [0.2, 0.25) is 0 Å². The van der Waals surface area contributed by atoms with E-state index in [-0.39, 0.29) is 43.8 Å². The van der Waals surface area contributed by atoms with Crippen molar-refractivity contribution in [2.75, 3.05) is 45.2 Å². The Morgan fingerprint density at radius 2 is 1.35 bits per heavy atom. The zero-order chi connectivity index (χ0) is 32.2. The molecule has 1 aliphatic heterocycles. The monoisotopic (exact) mass is 610 g/mol. The van der Waals surface area contributed by atoms with Gasteiger partial charge in [0.15, 0.2) is 0 Å². The molecule has 1 aromatic heterocycles. The van der Waals surface area contributed by atoms with Crippen LogP contribution in [0.5, 0.6) is 0 Å². The first-order valence-corrected chi connectivity index (χ1v) is 13.4. The number of pyridine rings is 1. The average Bonchev–Trinajstić information content (AvgIpc) is 2.92. The molecular weight excluding hydrogens is 578 g/mol. The van der Waals surface area contributed by atoms with Crippen LogP contribution in [-0.4, -0.2) is 55.8 Å². The Balaban J connectivity index is 1.79. The highest BCUT2D eigenvalue weighted by molar-refractivity contribution is 6.01. The van der Waals surface area contributed by atoms with Crippen LogP contribution in [0.4, 0.5) is 37.8 Å². The van der Waals surface area contributed by atoms with Gasteiger partial charge in [0.25, 0.3) is 0 Å². The molecule has 1 amide bonds. The molecule has 1 fully saturated rings. The topological polar surface area (TPSA) is 79.3 Å². The molecule has 0 N–H and O–H groups in total. The van der Waals surface area contributed by atoms with E-state index in [1.54, 1.807) is 24.3 Å². The Bertz CT molecular complexity index is 1490. The Kier molecular flexibility index (Phi) is 8.20. The summed E-state index contributed by atoms with van der Waals surface area (Å²) in [7, 11) is 2.83. The van der Waals surface area contributed by atoms with Crippen LogP contribution in [-0.2, 0) is 22.6 Å². The molecule has 0 spiro atoms. The molecule has 0 aliphatic carbocycles. The Morgan fingerprint density at radius 1 is 0.837 bits per heavy atom. The highest BCUT2D eigenvalue weighted by Gasteiger charge is 2.42. The van der Waals surface area contributed by atoms with Crippen LogP contribution in [0.25, 0.3) is 11.1 Å². The van der Waals surface area contributed by atoms with Crippen molar-refractivity contribution in [1.82, 2.24) is 9.63 Å². The van der Waals surface area contributed by atoms with Crippen molar-refractivity contribution >= 4 is 17.4 Å². The fraction of sp³-hybridized carbons (Fsp3) is 0.400. The van der Waals surface area contributed by atoms with E-state index < -0.39 is 49.7 Å². The van der Waals surface area contributed by atoms with E-state index >= 15 is 0 Å². The zero-order valence-corrected chi connectivity index (χ0v) is 24.3. The molecule has 0 atom stereocenters. The number of piperazine rings is 1. The lowest BCUT2D eigenvalue weighted by Crippen LogP contribution is -2.62. The summed E-state index contributed by atoms with van der Waals surface area (Å²) in [6, 6.07) is 9.84.